The van der Waals surface area contributed by atoms with Gasteiger partial charge in [0, 0.05) is 36.0 Å². The summed E-state index contributed by atoms with van der Waals surface area (Å²) in [4.78, 5) is 19.3. The summed E-state index contributed by atoms with van der Waals surface area (Å²) < 4.78 is 7.96. The Balaban J connectivity index is 1.22. The standard InChI is InChI=1S/C32H33N5O2S/c38-29(22-39-27-11-5-2-6-12-27)34-24-14-16-26(17-15-24)37-31(30(35-32(37)40)28-13-7-8-19-33-28)23-18-20-36(21-23)25-9-3-1-4-10-25/h2,5-8,11-21,25,30-31H,1,3-4,9-10,22H2,(H,34,38)(H,35,40)/t30-,31+/m0/s1. The van der Waals surface area contributed by atoms with Gasteiger partial charge in [-0.05, 0) is 85.2 Å². The van der Waals surface area contributed by atoms with Crippen molar-refractivity contribution in [2.75, 3.05) is 16.8 Å². The van der Waals surface area contributed by atoms with Crippen LogP contribution in [0.5, 0.6) is 5.75 Å². The van der Waals surface area contributed by atoms with Crippen molar-refractivity contribution in [3.05, 3.63) is 109 Å². The van der Waals surface area contributed by atoms with E-state index < -0.39 is 0 Å². The van der Waals surface area contributed by atoms with Crippen LogP contribution in [0, 0.1) is 0 Å². The van der Waals surface area contributed by atoms with Crippen LogP contribution in [0.15, 0.2) is 97.5 Å². The van der Waals surface area contributed by atoms with Gasteiger partial charge < -0.3 is 24.8 Å². The highest BCUT2D eigenvalue weighted by Crippen LogP contribution is 2.42. The Kier molecular flexibility index (Phi) is 7.77. The molecule has 204 valence electrons. The fourth-order valence-corrected chi connectivity index (χ4v) is 6.10. The van der Waals surface area contributed by atoms with Gasteiger partial charge in [0.1, 0.15) is 5.75 Å². The summed E-state index contributed by atoms with van der Waals surface area (Å²) in [5, 5.41) is 7.10. The number of thiocarbonyl (C=S) groups is 1. The highest BCUT2D eigenvalue weighted by Gasteiger charge is 2.41. The molecule has 1 aliphatic heterocycles. The van der Waals surface area contributed by atoms with E-state index in [2.05, 4.69) is 43.5 Å². The molecule has 2 N–H and O–H groups in total. The number of rotatable bonds is 8. The van der Waals surface area contributed by atoms with Crippen molar-refractivity contribution >= 4 is 34.6 Å². The summed E-state index contributed by atoms with van der Waals surface area (Å²) in [5.41, 5.74) is 3.80. The number of ether oxygens (including phenoxy) is 1. The van der Waals surface area contributed by atoms with E-state index >= 15 is 0 Å². The minimum Gasteiger partial charge on any atom is -0.484 e. The molecule has 8 heteroatoms. The lowest BCUT2D eigenvalue weighted by Crippen LogP contribution is -2.29. The fourth-order valence-electron chi connectivity index (χ4n) is 5.75. The molecule has 2 atom stereocenters. The van der Waals surface area contributed by atoms with Gasteiger partial charge in [0.05, 0.1) is 17.8 Å². The molecule has 1 saturated carbocycles. The molecule has 0 spiro atoms. The van der Waals surface area contributed by atoms with E-state index in [9.17, 15) is 4.79 Å². The Hall–Kier alpha value is -4.17. The number of nitrogens with one attached hydrogen (secondary N) is 2. The highest BCUT2D eigenvalue weighted by molar-refractivity contribution is 7.80. The largest absolute Gasteiger partial charge is 0.484 e. The van der Waals surface area contributed by atoms with E-state index in [1.165, 1.54) is 37.7 Å². The van der Waals surface area contributed by atoms with E-state index in [0.29, 0.717) is 22.6 Å². The molecule has 2 aliphatic rings. The Labute approximate surface area is 240 Å². The first-order valence-corrected chi connectivity index (χ1v) is 14.3. The predicted molar refractivity (Wildman–Crippen MR) is 161 cm³/mol. The molecule has 4 aromatic rings. The maximum Gasteiger partial charge on any atom is 0.262 e. The van der Waals surface area contributed by atoms with Gasteiger partial charge in [-0.1, -0.05) is 43.5 Å². The lowest BCUT2D eigenvalue weighted by Gasteiger charge is -2.28. The lowest BCUT2D eigenvalue weighted by molar-refractivity contribution is -0.118. The molecule has 1 amide bonds. The zero-order valence-electron chi connectivity index (χ0n) is 22.3. The van der Waals surface area contributed by atoms with Crippen molar-refractivity contribution in [2.24, 2.45) is 0 Å². The monoisotopic (exact) mass is 551 g/mol. The second-order valence-corrected chi connectivity index (χ2v) is 10.8. The van der Waals surface area contributed by atoms with Gasteiger partial charge >= 0.3 is 0 Å². The highest BCUT2D eigenvalue weighted by atomic mass is 32.1. The number of para-hydroxylation sites is 1. The van der Waals surface area contributed by atoms with Gasteiger partial charge in [-0.2, -0.15) is 0 Å². The van der Waals surface area contributed by atoms with Crippen molar-refractivity contribution in [1.29, 1.82) is 0 Å². The number of benzene rings is 2. The third kappa shape index (κ3) is 5.72. The van der Waals surface area contributed by atoms with Crippen molar-refractivity contribution in [3.63, 3.8) is 0 Å². The van der Waals surface area contributed by atoms with E-state index in [1.54, 1.807) is 0 Å². The molecule has 0 radical (unpaired) electrons. The first kappa shape index (κ1) is 26.1. The van der Waals surface area contributed by atoms with Gasteiger partial charge in [0.15, 0.2) is 11.7 Å². The lowest BCUT2D eigenvalue weighted by atomic mass is 9.95. The average Bonchev–Trinajstić information content (AvgIpc) is 3.63. The first-order chi connectivity index (χ1) is 19.7. The molecule has 1 saturated heterocycles. The van der Waals surface area contributed by atoms with Crippen LogP contribution in [-0.4, -0.2) is 27.2 Å². The number of amides is 1. The molecule has 0 unspecified atom stereocenters. The third-order valence-corrected chi connectivity index (χ3v) is 8.03. The minimum absolute atomic E-state index is 0.0578. The molecular weight excluding hydrogens is 518 g/mol. The Morgan fingerprint density at radius 2 is 1.75 bits per heavy atom. The molecule has 6 rings (SSSR count). The van der Waals surface area contributed by atoms with Crippen LogP contribution in [0.3, 0.4) is 0 Å². The van der Waals surface area contributed by atoms with E-state index in [0.717, 1.165) is 11.4 Å². The van der Waals surface area contributed by atoms with Gasteiger partial charge in [-0.25, -0.2) is 0 Å². The molecule has 1 aliphatic carbocycles. The fraction of sp³-hybridized carbons (Fsp3) is 0.281. The quantitative estimate of drug-likeness (QED) is 0.241. The SMILES string of the molecule is O=C(COc1ccccc1)Nc1ccc(N2C(=S)N[C@@H](c3ccccn3)[C@H]2c2ccn(C3CCCCC3)c2)cc1. The number of hydrogen-bond donors (Lipinski definition) is 2. The summed E-state index contributed by atoms with van der Waals surface area (Å²) in [5.74, 6) is 0.445. The molecule has 2 aromatic carbocycles. The Morgan fingerprint density at radius 1 is 0.975 bits per heavy atom. The van der Waals surface area contributed by atoms with Crippen LogP contribution in [0.4, 0.5) is 11.4 Å². The molecule has 7 nitrogen and oxygen atoms in total. The second-order valence-electron chi connectivity index (χ2n) is 10.4. The number of aromatic nitrogens is 2. The van der Waals surface area contributed by atoms with E-state index in [1.807, 2.05) is 79.0 Å². The van der Waals surface area contributed by atoms with Gasteiger partial charge in [0.2, 0.25) is 0 Å². The number of carbonyl (C=O) groups excluding carboxylic acids is 1. The van der Waals surface area contributed by atoms with E-state index in [4.69, 9.17) is 17.0 Å². The number of anilines is 2. The molecule has 2 fully saturated rings. The van der Waals surface area contributed by atoms with Crippen LogP contribution < -0.4 is 20.3 Å². The van der Waals surface area contributed by atoms with Gasteiger partial charge in [0.25, 0.3) is 5.91 Å². The minimum atomic E-state index is -0.216. The number of carbonyl (C=O) groups is 1. The summed E-state index contributed by atoms with van der Waals surface area (Å²) in [7, 11) is 0. The van der Waals surface area contributed by atoms with Crippen LogP contribution in [0.1, 0.15) is 61.5 Å². The van der Waals surface area contributed by atoms with Gasteiger partial charge in [-0.3, -0.25) is 9.78 Å². The van der Waals surface area contributed by atoms with Crippen molar-refractivity contribution in [1.82, 2.24) is 14.9 Å². The topological polar surface area (TPSA) is 71.4 Å². The normalized spacial score (nSPS) is 19.3. The van der Waals surface area contributed by atoms with Crippen molar-refractivity contribution in [3.8, 4) is 5.75 Å². The average molecular weight is 552 g/mol. The second kappa shape index (κ2) is 11.9. The van der Waals surface area contributed by atoms with Crippen LogP contribution >= 0.6 is 12.2 Å². The summed E-state index contributed by atoms with van der Waals surface area (Å²) in [6.45, 7) is -0.0578. The van der Waals surface area contributed by atoms with Crippen molar-refractivity contribution in [2.45, 2.75) is 50.2 Å². The van der Waals surface area contributed by atoms with Crippen molar-refractivity contribution < 1.29 is 9.53 Å². The third-order valence-electron chi connectivity index (χ3n) is 7.72. The smallest absolute Gasteiger partial charge is 0.262 e. The zero-order chi connectivity index (χ0) is 27.3. The molecule has 40 heavy (non-hydrogen) atoms. The maximum atomic E-state index is 12.5. The molecule has 3 heterocycles. The molecule has 2 aromatic heterocycles. The zero-order valence-corrected chi connectivity index (χ0v) is 23.1. The van der Waals surface area contributed by atoms with Crippen LogP contribution in [-0.2, 0) is 4.79 Å². The maximum absolute atomic E-state index is 12.5. The number of hydrogen-bond acceptors (Lipinski definition) is 4. The molecular formula is C32H33N5O2S. The Morgan fingerprint density at radius 3 is 2.50 bits per heavy atom. The summed E-state index contributed by atoms with van der Waals surface area (Å²) >= 11 is 5.89. The molecule has 0 bridgehead atoms. The first-order valence-electron chi connectivity index (χ1n) is 13.9. The predicted octanol–water partition coefficient (Wildman–Crippen LogP) is 6.58. The van der Waals surface area contributed by atoms with E-state index in [-0.39, 0.29) is 24.6 Å². The summed E-state index contributed by atoms with van der Waals surface area (Å²) in [6, 6.07) is 25.7. The number of nitrogens with zero attached hydrogens (tertiary/aromatic N) is 3. The summed E-state index contributed by atoms with van der Waals surface area (Å²) in [6.07, 6.45) is 12.7. The van der Waals surface area contributed by atoms with Crippen LogP contribution in [0.25, 0.3) is 0 Å². The Bertz CT molecular complexity index is 1440. The number of pyridine rings is 1. The van der Waals surface area contributed by atoms with Crippen LogP contribution in [0.2, 0.25) is 0 Å². The van der Waals surface area contributed by atoms with Gasteiger partial charge in [-0.15, -0.1) is 0 Å².